The predicted molar refractivity (Wildman–Crippen MR) is 130 cm³/mol. The topological polar surface area (TPSA) is 97.2 Å². The lowest BCUT2D eigenvalue weighted by Crippen LogP contribution is -2.25. The van der Waals surface area contributed by atoms with Gasteiger partial charge in [0.1, 0.15) is 22.8 Å². The van der Waals surface area contributed by atoms with Gasteiger partial charge < -0.3 is 9.84 Å². The van der Waals surface area contributed by atoms with Crippen molar-refractivity contribution in [1.29, 1.82) is 0 Å². The highest BCUT2D eigenvalue weighted by atomic mass is 32.1. The monoisotopic (exact) mass is 467 g/mol. The first kappa shape index (κ1) is 21.3. The number of hydrogen-bond acceptors (Lipinski definition) is 6. The molecule has 0 fully saturated rings. The molecular formula is C26H17N3O4S. The number of ether oxygens (including phenoxy) is 1. The van der Waals surface area contributed by atoms with Crippen LogP contribution in [0.3, 0.4) is 0 Å². The molecule has 34 heavy (non-hydrogen) atoms. The minimum atomic E-state index is -0.569. The number of aromatic amines is 1. The molecule has 1 aliphatic rings. The normalized spacial score (nSPS) is 12.8. The zero-order valence-electron chi connectivity index (χ0n) is 17.6. The molecule has 0 atom stereocenters. The van der Waals surface area contributed by atoms with Crippen LogP contribution in [0.4, 0.5) is 0 Å². The molecule has 2 aromatic carbocycles. The Morgan fingerprint density at radius 2 is 1.71 bits per heavy atom. The lowest BCUT2D eigenvalue weighted by Gasteiger charge is -2.12. The number of pyridine rings is 1. The first-order valence-corrected chi connectivity index (χ1v) is 10.7. The van der Waals surface area contributed by atoms with E-state index in [4.69, 9.17) is 17.0 Å². The fraction of sp³-hybridized carbons (Fsp3) is 0. The van der Waals surface area contributed by atoms with Crippen LogP contribution in [-0.4, -0.2) is 25.4 Å². The van der Waals surface area contributed by atoms with Gasteiger partial charge in [-0.25, -0.2) is 4.98 Å². The summed E-state index contributed by atoms with van der Waals surface area (Å²) in [4.78, 5) is 31.6. The average molecular weight is 468 g/mol. The van der Waals surface area contributed by atoms with Gasteiger partial charge in [-0.2, -0.15) is 0 Å². The summed E-state index contributed by atoms with van der Waals surface area (Å²) < 4.78 is 7.18. The third-order valence-electron chi connectivity index (χ3n) is 5.19. The lowest BCUT2D eigenvalue weighted by atomic mass is 10.1. The van der Waals surface area contributed by atoms with Gasteiger partial charge in [-0.15, -0.1) is 0 Å². The van der Waals surface area contributed by atoms with Crippen LogP contribution < -0.4 is 20.9 Å². The van der Waals surface area contributed by atoms with Gasteiger partial charge in [0, 0.05) is 5.22 Å². The molecule has 0 aliphatic heterocycles. The number of para-hydroxylation sites is 1. The van der Waals surface area contributed by atoms with Crippen LogP contribution in [0.15, 0.2) is 83.7 Å². The second-order valence-electron chi connectivity index (χ2n) is 7.45. The molecule has 0 saturated heterocycles. The van der Waals surface area contributed by atoms with E-state index < -0.39 is 5.56 Å². The molecule has 5 rings (SSSR count). The zero-order valence-corrected chi connectivity index (χ0v) is 18.5. The van der Waals surface area contributed by atoms with E-state index in [1.54, 1.807) is 48.6 Å². The molecule has 0 bridgehead atoms. The number of nitrogens with zero attached hydrogens (tertiary/aromatic N) is 2. The Morgan fingerprint density at radius 3 is 2.47 bits per heavy atom. The third-order valence-corrected chi connectivity index (χ3v) is 5.48. The van der Waals surface area contributed by atoms with Crippen LogP contribution in [0.5, 0.6) is 17.4 Å². The van der Waals surface area contributed by atoms with Crippen LogP contribution in [0.2, 0.25) is 0 Å². The van der Waals surface area contributed by atoms with Crippen LogP contribution in [0.25, 0.3) is 17.8 Å². The lowest BCUT2D eigenvalue weighted by molar-refractivity contribution is 0.104. The summed E-state index contributed by atoms with van der Waals surface area (Å²) >= 11 is 5.30. The second kappa shape index (κ2) is 8.76. The molecule has 2 heterocycles. The first-order valence-electron chi connectivity index (χ1n) is 10.3. The number of hydrogen-bond donors (Lipinski definition) is 2. The summed E-state index contributed by atoms with van der Waals surface area (Å²) in [5, 5.41) is 12.0. The molecule has 4 aromatic rings. The molecule has 166 valence electrons. The molecule has 2 aromatic heterocycles. The van der Waals surface area contributed by atoms with E-state index in [9.17, 15) is 14.7 Å². The summed E-state index contributed by atoms with van der Waals surface area (Å²) in [7, 11) is 0. The highest BCUT2D eigenvalue weighted by molar-refractivity contribution is 7.71. The van der Waals surface area contributed by atoms with E-state index in [0.717, 1.165) is 0 Å². The van der Waals surface area contributed by atoms with Crippen molar-refractivity contribution in [2.75, 3.05) is 0 Å². The Labute approximate surface area is 198 Å². The molecule has 0 saturated carbocycles. The van der Waals surface area contributed by atoms with Crippen molar-refractivity contribution < 1.29 is 14.6 Å². The predicted octanol–water partition coefficient (Wildman–Crippen LogP) is 3.15. The maximum Gasteiger partial charge on any atom is 0.262 e. The van der Waals surface area contributed by atoms with Gasteiger partial charge in [0.05, 0.1) is 11.0 Å². The number of rotatable bonds is 4. The van der Waals surface area contributed by atoms with Crippen LogP contribution in [0.1, 0.15) is 16.1 Å². The van der Waals surface area contributed by atoms with E-state index in [1.807, 2.05) is 30.3 Å². The summed E-state index contributed by atoms with van der Waals surface area (Å²) in [6, 6.07) is 19.7. The van der Waals surface area contributed by atoms with E-state index in [1.165, 1.54) is 16.7 Å². The van der Waals surface area contributed by atoms with Gasteiger partial charge in [-0.3, -0.25) is 19.1 Å². The quantitative estimate of drug-likeness (QED) is 0.448. The van der Waals surface area contributed by atoms with Gasteiger partial charge in [0.25, 0.3) is 5.56 Å². The number of aromatic nitrogens is 3. The smallest absolute Gasteiger partial charge is 0.262 e. The Morgan fingerprint density at radius 1 is 0.971 bits per heavy atom. The molecule has 0 amide bonds. The maximum absolute atomic E-state index is 12.6. The van der Waals surface area contributed by atoms with Gasteiger partial charge in [0.2, 0.25) is 11.7 Å². The Bertz CT molecular complexity index is 1690. The van der Waals surface area contributed by atoms with Crippen molar-refractivity contribution in [3.05, 3.63) is 116 Å². The maximum atomic E-state index is 12.6. The number of aromatic hydroxyl groups is 1. The fourth-order valence-corrected chi connectivity index (χ4v) is 3.84. The van der Waals surface area contributed by atoms with Gasteiger partial charge in [-0.05, 0) is 66.8 Å². The molecule has 7 nitrogen and oxygen atoms in total. The second-order valence-corrected chi connectivity index (χ2v) is 7.84. The van der Waals surface area contributed by atoms with E-state index in [2.05, 4.69) is 9.97 Å². The van der Waals surface area contributed by atoms with Crippen molar-refractivity contribution in [1.82, 2.24) is 14.5 Å². The van der Waals surface area contributed by atoms with Crippen LogP contribution >= 0.6 is 12.2 Å². The standard InChI is InChI=1S/C26H17N3O4S/c30-22-8-4-5-16-9-10-17(27-23(16)22)15-21-24(31)28-26(34)29(25(21)32)18-11-13-20(14-12-18)33-19-6-2-1-3-7-19/h1-15,32H,(H,28,31,34). The van der Waals surface area contributed by atoms with E-state index in [-0.39, 0.29) is 27.7 Å². The average Bonchev–Trinajstić information content (AvgIpc) is 2.84. The molecule has 0 radical (unpaired) electrons. The van der Waals surface area contributed by atoms with Gasteiger partial charge in [-0.1, -0.05) is 36.4 Å². The zero-order chi connectivity index (χ0) is 23.7. The first-order chi connectivity index (χ1) is 16.5. The van der Waals surface area contributed by atoms with E-state index in [0.29, 0.717) is 27.8 Å². The van der Waals surface area contributed by atoms with Gasteiger partial charge >= 0.3 is 0 Å². The Balaban J connectivity index is 1.56. The summed E-state index contributed by atoms with van der Waals surface area (Å²) in [5.74, 6) is 0.730. The summed E-state index contributed by atoms with van der Waals surface area (Å²) in [6.07, 6.45) is 6.28. The number of ketones is 1. The molecule has 8 heteroatoms. The minimum absolute atomic E-state index is 0.0321. The summed E-state index contributed by atoms with van der Waals surface area (Å²) in [6.45, 7) is 0. The van der Waals surface area contributed by atoms with Crippen molar-refractivity contribution in [2.45, 2.75) is 0 Å². The minimum Gasteiger partial charge on any atom is -0.494 e. The fourth-order valence-electron chi connectivity index (χ4n) is 3.56. The van der Waals surface area contributed by atoms with Crippen molar-refractivity contribution in [3.63, 3.8) is 0 Å². The van der Waals surface area contributed by atoms with Crippen molar-refractivity contribution in [2.24, 2.45) is 0 Å². The van der Waals surface area contributed by atoms with Crippen molar-refractivity contribution in [3.8, 4) is 23.1 Å². The molecule has 1 aliphatic carbocycles. The van der Waals surface area contributed by atoms with E-state index >= 15 is 0 Å². The number of allylic oxidation sites excluding steroid dienone is 2. The number of fused-ring (bicyclic) bond motifs is 1. The van der Waals surface area contributed by atoms with Crippen LogP contribution in [0, 0.1) is 4.77 Å². The number of carbonyl (C=O) groups excluding carboxylic acids is 1. The molecule has 2 N–H and O–H groups in total. The molecule has 0 unspecified atom stereocenters. The van der Waals surface area contributed by atoms with Crippen molar-refractivity contribution >= 4 is 30.2 Å². The molecule has 0 spiro atoms. The number of carbonyl (C=O) groups is 1. The SMILES string of the molecule is O=C1C=CC=c2ccc(=Cc3c(O)n(-c4ccc(Oc5ccccc5)cc4)c(=S)[nH]c3=O)nc21. The molecular weight excluding hydrogens is 450 g/mol. The number of benzene rings is 2. The highest BCUT2D eigenvalue weighted by Gasteiger charge is 2.14. The number of nitrogens with one attached hydrogen (secondary N) is 1. The highest BCUT2D eigenvalue weighted by Crippen LogP contribution is 2.25. The largest absolute Gasteiger partial charge is 0.494 e. The van der Waals surface area contributed by atoms with Gasteiger partial charge in [0.15, 0.2) is 4.77 Å². The third kappa shape index (κ3) is 4.10. The summed E-state index contributed by atoms with van der Waals surface area (Å²) in [5.41, 5.74) is 0.213. The Kier molecular flexibility index (Phi) is 5.49. The number of H-pyrrole nitrogens is 1. The van der Waals surface area contributed by atoms with Crippen LogP contribution in [-0.2, 0) is 0 Å². The Hall–Kier alpha value is -4.56.